The lowest BCUT2D eigenvalue weighted by molar-refractivity contribution is 0.201. The van der Waals surface area contributed by atoms with E-state index in [9.17, 15) is 0 Å². The van der Waals surface area contributed by atoms with Crippen LogP contribution in [0.5, 0.6) is 5.75 Å². The van der Waals surface area contributed by atoms with Crippen LogP contribution in [0, 0.1) is 11.8 Å². The first-order chi connectivity index (χ1) is 9.29. The lowest BCUT2D eigenvalue weighted by Gasteiger charge is -2.33. The molecule has 1 fully saturated rings. The van der Waals surface area contributed by atoms with Gasteiger partial charge in [0.2, 0.25) is 0 Å². The molecule has 0 saturated heterocycles. The van der Waals surface area contributed by atoms with Crippen LogP contribution in [0.4, 0.5) is 0 Å². The van der Waals surface area contributed by atoms with Gasteiger partial charge in [-0.3, -0.25) is 0 Å². The van der Waals surface area contributed by atoms with Crippen molar-refractivity contribution in [3.05, 3.63) is 30.3 Å². The van der Waals surface area contributed by atoms with Crippen LogP contribution in [0.3, 0.4) is 0 Å². The molecule has 1 aromatic carbocycles. The fourth-order valence-electron chi connectivity index (χ4n) is 3.14. The van der Waals surface area contributed by atoms with Gasteiger partial charge in [0.15, 0.2) is 0 Å². The predicted octanol–water partition coefficient (Wildman–Crippen LogP) is 4.00. The Morgan fingerprint density at radius 1 is 1.21 bits per heavy atom. The Morgan fingerprint density at radius 2 is 2.00 bits per heavy atom. The summed E-state index contributed by atoms with van der Waals surface area (Å²) < 4.78 is 5.74. The highest BCUT2D eigenvalue weighted by molar-refractivity contribution is 5.20. The minimum Gasteiger partial charge on any atom is -0.494 e. The molecule has 1 aliphatic carbocycles. The zero-order valence-corrected chi connectivity index (χ0v) is 12.1. The fourth-order valence-corrected chi connectivity index (χ4v) is 3.14. The summed E-state index contributed by atoms with van der Waals surface area (Å²) in [5.74, 6) is 2.58. The Bertz CT molecular complexity index is 352. The molecule has 0 aromatic heterocycles. The van der Waals surface area contributed by atoms with Crippen molar-refractivity contribution in [2.45, 2.75) is 51.5 Å². The van der Waals surface area contributed by atoms with E-state index < -0.39 is 0 Å². The number of ether oxygens (including phenoxy) is 1. The molecule has 2 nitrogen and oxygen atoms in total. The number of hydrogen-bond acceptors (Lipinski definition) is 2. The van der Waals surface area contributed by atoms with Crippen molar-refractivity contribution < 1.29 is 4.74 Å². The maximum atomic E-state index is 6.25. The van der Waals surface area contributed by atoms with Gasteiger partial charge in [-0.25, -0.2) is 0 Å². The topological polar surface area (TPSA) is 35.2 Å². The predicted molar refractivity (Wildman–Crippen MR) is 80.3 cm³/mol. The molecule has 19 heavy (non-hydrogen) atoms. The SMILES string of the molecule is CCC1CCC(N)C(CCCOc2ccccc2)C1. The lowest BCUT2D eigenvalue weighted by Crippen LogP contribution is -2.36. The molecule has 1 saturated carbocycles. The smallest absolute Gasteiger partial charge is 0.119 e. The summed E-state index contributed by atoms with van der Waals surface area (Å²) in [4.78, 5) is 0. The number of benzene rings is 1. The summed E-state index contributed by atoms with van der Waals surface area (Å²) in [5, 5.41) is 0. The Hall–Kier alpha value is -1.02. The highest BCUT2D eigenvalue weighted by Gasteiger charge is 2.26. The van der Waals surface area contributed by atoms with Gasteiger partial charge in [0, 0.05) is 6.04 Å². The van der Waals surface area contributed by atoms with Gasteiger partial charge in [-0.05, 0) is 56.1 Å². The Labute approximate surface area is 117 Å². The zero-order chi connectivity index (χ0) is 13.5. The summed E-state index contributed by atoms with van der Waals surface area (Å²) in [6.07, 6.45) is 7.50. The summed E-state index contributed by atoms with van der Waals surface area (Å²) in [6.45, 7) is 3.11. The van der Waals surface area contributed by atoms with Crippen LogP contribution in [0.15, 0.2) is 30.3 Å². The van der Waals surface area contributed by atoms with Crippen LogP contribution in [-0.4, -0.2) is 12.6 Å². The van der Waals surface area contributed by atoms with Gasteiger partial charge in [0.25, 0.3) is 0 Å². The average Bonchev–Trinajstić information content (AvgIpc) is 2.46. The molecule has 1 aromatic rings. The molecule has 0 spiro atoms. The molecule has 0 bridgehead atoms. The average molecular weight is 261 g/mol. The van der Waals surface area contributed by atoms with Crippen LogP contribution in [-0.2, 0) is 0 Å². The zero-order valence-electron chi connectivity index (χ0n) is 12.1. The van der Waals surface area contributed by atoms with Crippen LogP contribution >= 0.6 is 0 Å². The molecule has 0 amide bonds. The molecule has 1 aliphatic rings. The first-order valence-corrected chi connectivity index (χ1v) is 7.73. The second-order valence-corrected chi connectivity index (χ2v) is 5.82. The Morgan fingerprint density at radius 3 is 2.74 bits per heavy atom. The molecular weight excluding hydrogens is 234 g/mol. The van der Waals surface area contributed by atoms with Gasteiger partial charge in [0.05, 0.1) is 6.61 Å². The number of para-hydroxylation sites is 1. The van der Waals surface area contributed by atoms with E-state index >= 15 is 0 Å². The minimum atomic E-state index is 0.416. The maximum absolute atomic E-state index is 6.25. The largest absolute Gasteiger partial charge is 0.494 e. The van der Waals surface area contributed by atoms with Gasteiger partial charge >= 0.3 is 0 Å². The van der Waals surface area contributed by atoms with E-state index in [2.05, 4.69) is 6.92 Å². The molecule has 0 heterocycles. The third-order valence-electron chi connectivity index (χ3n) is 4.46. The quantitative estimate of drug-likeness (QED) is 0.786. The second kappa shape index (κ2) is 7.54. The minimum absolute atomic E-state index is 0.416. The van der Waals surface area contributed by atoms with Gasteiger partial charge in [0.1, 0.15) is 5.75 Å². The van der Waals surface area contributed by atoms with Gasteiger partial charge in [-0.1, -0.05) is 31.5 Å². The van der Waals surface area contributed by atoms with Crippen molar-refractivity contribution in [1.82, 2.24) is 0 Å². The maximum Gasteiger partial charge on any atom is 0.119 e. The van der Waals surface area contributed by atoms with E-state index in [1.807, 2.05) is 30.3 Å². The molecule has 2 rings (SSSR count). The van der Waals surface area contributed by atoms with Crippen molar-refractivity contribution in [1.29, 1.82) is 0 Å². The standard InChI is InChI=1S/C17H27NO/c1-2-14-10-11-17(18)15(13-14)7-6-12-19-16-8-4-3-5-9-16/h3-5,8-9,14-15,17H,2,6-7,10-13,18H2,1H3. The van der Waals surface area contributed by atoms with E-state index in [-0.39, 0.29) is 0 Å². The highest BCUT2D eigenvalue weighted by Crippen LogP contribution is 2.32. The Balaban J connectivity index is 1.67. The summed E-state index contributed by atoms with van der Waals surface area (Å²) in [7, 11) is 0. The summed E-state index contributed by atoms with van der Waals surface area (Å²) in [5.41, 5.74) is 6.25. The first kappa shape index (κ1) is 14.4. The molecular formula is C17H27NO. The van der Waals surface area contributed by atoms with Crippen LogP contribution in [0.1, 0.15) is 45.4 Å². The fraction of sp³-hybridized carbons (Fsp3) is 0.647. The van der Waals surface area contributed by atoms with Crippen molar-refractivity contribution in [2.24, 2.45) is 17.6 Å². The highest BCUT2D eigenvalue weighted by atomic mass is 16.5. The number of hydrogen-bond donors (Lipinski definition) is 1. The molecule has 0 radical (unpaired) electrons. The van der Waals surface area contributed by atoms with E-state index in [0.29, 0.717) is 12.0 Å². The van der Waals surface area contributed by atoms with Crippen LogP contribution < -0.4 is 10.5 Å². The molecule has 3 unspecified atom stereocenters. The molecule has 0 aliphatic heterocycles. The van der Waals surface area contributed by atoms with Gasteiger partial charge in [-0.15, -0.1) is 0 Å². The lowest BCUT2D eigenvalue weighted by atomic mass is 9.75. The van der Waals surface area contributed by atoms with E-state index in [4.69, 9.17) is 10.5 Å². The monoisotopic (exact) mass is 261 g/mol. The third-order valence-corrected chi connectivity index (χ3v) is 4.46. The molecule has 3 atom stereocenters. The van der Waals surface area contributed by atoms with E-state index in [0.717, 1.165) is 24.7 Å². The van der Waals surface area contributed by atoms with Crippen LogP contribution in [0.2, 0.25) is 0 Å². The summed E-state index contributed by atoms with van der Waals surface area (Å²) in [6, 6.07) is 10.5. The van der Waals surface area contributed by atoms with Crippen molar-refractivity contribution in [3.63, 3.8) is 0 Å². The molecule has 2 heteroatoms. The number of nitrogens with two attached hydrogens (primary N) is 1. The van der Waals surface area contributed by atoms with E-state index in [1.165, 1.54) is 32.1 Å². The Kier molecular flexibility index (Phi) is 5.71. The van der Waals surface area contributed by atoms with Crippen molar-refractivity contribution in [2.75, 3.05) is 6.61 Å². The third kappa shape index (κ3) is 4.54. The molecule has 2 N–H and O–H groups in total. The van der Waals surface area contributed by atoms with Crippen molar-refractivity contribution >= 4 is 0 Å². The summed E-state index contributed by atoms with van der Waals surface area (Å²) >= 11 is 0. The van der Waals surface area contributed by atoms with Gasteiger partial charge in [-0.2, -0.15) is 0 Å². The number of rotatable bonds is 6. The first-order valence-electron chi connectivity index (χ1n) is 7.73. The molecule has 106 valence electrons. The second-order valence-electron chi connectivity index (χ2n) is 5.82. The van der Waals surface area contributed by atoms with Crippen LogP contribution in [0.25, 0.3) is 0 Å². The van der Waals surface area contributed by atoms with Gasteiger partial charge < -0.3 is 10.5 Å². The van der Waals surface area contributed by atoms with Crippen molar-refractivity contribution in [3.8, 4) is 5.75 Å². The normalized spacial score (nSPS) is 27.2. The van der Waals surface area contributed by atoms with E-state index in [1.54, 1.807) is 0 Å².